The Morgan fingerprint density at radius 2 is 2.33 bits per heavy atom. The lowest BCUT2D eigenvalue weighted by molar-refractivity contribution is -0.112. The zero-order chi connectivity index (χ0) is 9.40. The van der Waals surface area contributed by atoms with Crippen molar-refractivity contribution >= 4 is 14.8 Å². The van der Waals surface area contributed by atoms with Crippen LogP contribution in [-0.4, -0.2) is 18.1 Å². The molecule has 5 heteroatoms. The molecular weight excluding hydrogens is 173 g/mol. The van der Waals surface area contributed by atoms with Crippen LogP contribution in [0.5, 0.6) is 0 Å². The Morgan fingerprint density at radius 1 is 1.67 bits per heavy atom. The maximum atomic E-state index is 10.8. The summed E-state index contributed by atoms with van der Waals surface area (Å²) in [4.78, 5) is 10.8. The van der Waals surface area contributed by atoms with Gasteiger partial charge in [0.05, 0.1) is 6.04 Å². The van der Waals surface area contributed by atoms with E-state index in [1.54, 1.807) is 6.19 Å². The van der Waals surface area contributed by atoms with Crippen LogP contribution in [0.2, 0.25) is 0 Å². The fourth-order valence-corrected chi connectivity index (χ4v) is 1.11. The van der Waals surface area contributed by atoms with Gasteiger partial charge < -0.3 is 11.1 Å². The number of unbranched alkanes of at least 4 members (excludes halogenated alkanes) is 1. The minimum Gasteiger partial charge on any atom is -0.330 e. The molecule has 1 unspecified atom stereocenters. The van der Waals surface area contributed by atoms with Crippen LogP contribution in [0.25, 0.3) is 0 Å². The van der Waals surface area contributed by atoms with Crippen molar-refractivity contribution < 1.29 is 4.79 Å². The average molecular weight is 187 g/mol. The Hall–Kier alpha value is -0.650. The number of nitrogens with two attached hydrogens (primary N) is 1. The van der Waals surface area contributed by atoms with E-state index in [1.165, 1.54) is 0 Å². The van der Waals surface area contributed by atoms with Gasteiger partial charge in [0.1, 0.15) is 0 Å². The zero-order valence-electron chi connectivity index (χ0n) is 6.92. The summed E-state index contributed by atoms with van der Waals surface area (Å²) in [5, 5.41) is 10.7. The smallest absolute Gasteiger partial charge is 0.177 e. The van der Waals surface area contributed by atoms with Crippen molar-refractivity contribution in [3.8, 4) is 6.19 Å². The summed E-state index contributed by atoms with van der Waals surface area (Å²) in [5.74, 6) is 0. The number of hydrogen-bond acceptors (Lipinski definition) is 4. The van der Waals surface area contributed by atoms with Crippen LogP contribution in [0.1, 0.15) is 19.3 Å². The molecule has 0 aliphatic carbocycles. The molecule has 0 fully saturated rings. The van der Waals surface area contributed by atoms with Crippen LogP contribution < -0.4 is 11.1 Å². The Kier molecular flexibility index (Phi) is 6.64. The van der Waals surface area contributed by atoms with Crippen molar-refractivity contribution in [3.63, 3.8) is 0 Å². The summed E-state index contributed by atoms with van der Waals surface area (Å²) in [6.45, 7) is 0.629. The highest BCUT2D eigenvalue weighted by Crippen LogP contribution is 2.04. The molecule has 0 aromatic rings. The third-order valence-corrected chi connectivity index (χ3v) is 1.93. The Bertz CT molecular complexity index is 178. The van der Waals surface area contributed by atoms with Gasteiger partial charge in [-0.3, -0.25) is 4.79 Å². The third kappa shape index (κ3) is 5.06. The first-order valence-electron chi connectivity index (χ1n) is 3.86. The summed E-state index contributed by atoms with van der Waals surface area (Å²) >= 11 is 0. The normalized spacial score (nSPS) is 11.8. The molecule has 0 aliphatic heterocycles. The summed E-state index contributed by atoms with van der Waals surface area (Å²) in [6, 6.07) is -0.355. The van der Waals surface area contributed by atoms with E-state index in [0.29, 0.717) is 13.0 Å². The number of nitrogens with zero attached hydrogens (tertiary/aromatic N) is 1. The van der Waals surface area contributed by atoms with E-state index in [2.05, 4.69) is 14.6 Å². The molecule has 68 valence electrons. The largest absolute Gasteiger partial charge is 0.330 e. The predicted molar refractivity (Wildman–Crippen MR) is 50.2 cm³/mol. The number of nitrogens with one attached hydrogen (secondary N) is 1. The number of hydrogen-bond donors (Lipinski definition) is 2. The number of carbonyl (C=O) groups excluding carboxylic acids is 1. The van der Waals surface area contributed by atoms with E-state index >= 15 is 0 Å². The van der Waals surface area contributed by atoms with E-state index in [1.807, 2.05) is 0 Å². The molecule has 0 heterocycles. The highest BCUT2D eigenvalue weighted by Gasteiger charge is 2.11. The second-order valence-corrected chi connectivity index (χ2v) is 3.06. The highest BCUT2D eigenvalue weighted by atomic mass is 31.0. The van der Waals surface area contributed by atoms with E-state index in [4.69, 9.17) is 11.0 Å². The van der Waals surface area contributed by atoms with E-state index in [9.17, 15) is 4.79 Å². The molecule has 0 radical (unpaired) electrons. The molecule has 0 spiro atoms. The zero-order valence-corrected chi connectivity index (χ0v) is 8.07. The van der Waals surface area contributed by atoms with Gasteiger partial charge in [-0.05, 0) is 25.8 Å². The number of carbonyl (C=O) groups is 1. The lowest BCUT2D eigenvalue weighted by atomic mass is 10.1. The molecule has 0 rings (SSSR count). The molecule has 0 aromatic heterocycles. The molecule has 0 aliphatic rings. The Morgan fingerprint density at radius 3 is 2.75 bits per heavy atom. The van der Waals surface area contributed by atoms with Crippen molar-refractivity contribution in [1.82, 2.24) is 5.32 Å². The quantitative estimate of drug-likeness (QED) is 0.264. The van der Waals surface area contributed by atoms with Gasteiger partial charge >= 0.3 is 0 Å². The molecule has 0 amide bonds. The van der Waals surface area contributed by atoms with Crippen molar-refractivity contribution in [2.45, 2.75) is 25.3 Å². The van der Waals surface area contributed by atoms with Gasteiger partial charge in [0.2, 0.25) is 0 Å². The van der Waals surface area contributed by atoms with Gasteiger partial charge in [-0.1, -0.05) is 9.24 Å². The van der Waals surface area contributed by atoms with E-state index in [-0.39, 0.29) is 11.6 Å². The topological polar surface area (TPSA) is 78.9 Å². The maximum Gasteiger partial charge on any atom is 0.177 e. The van der Waals surface area contributed by atoms with Crippen molar-refractivity contribution in [3.05, 3.63) is 0 Å². The van der Waals surface area contributed by atoms with Crippen molar-refractivity contribution in [2.24, 2.45) is 5.73 Å². The van der Waals surface area contributed by atoms with Gasteiger partial charge in [0, 0.05) is 0 Å². The fraction of sp³-hybridized carbons (Fsp3) is 0.714. The van der Waals surface area contributed by atoms with Gasteiger partial charge in [-0.15, -0.1) is 0 Å². The SMILES string of the molecule is N#CN[C@@H](CCCCN)C(=O)P. The van der Waals surface area contributed by atoms with Crippen LogP contribution in [-0.2, 0) is 4.79 Å². The number of nitriles is 1. The van der Waals surface area contributed by atoms with Crippen LogP contribution in [0, 0.1) is 11.5 Å². The summed E-state index contributed by atoms with van der Waals surface area (Å²) < 4.78 is 0. The van der Waals surface area contributed by atoms with Crippen molar-refractivity contribution in [2.75, 3.05) is 6.54 Å². The monoisotopic (exact) mass is 187 g/mol. The molecule has 12 heavy (non-hydrogen) atoms. The van der Waals surface area contributed by atoms with Crippen molar-refractivity contribution in [1.29, 1.82) is 5.26 Å². The van der Waals surface area contributed by atoms with E-state index < -0.39 is 0 Å². The van der Waals surface area contributed by atoms with Gasteiger partial charge in [0.25, 0.3) is 0 Å². The Labute approximate surface area is 74.7 Å². The Balaban J connectivity index is 3.65. The maximum absolute atomic E-state index is 10.8. The fourth-order valence-electron chi connectivity index (χ4n) is 0.856. The molecule has 2 atom stereocenters. The lowest BCUT2D eigenvalue weighted by Crippen LogP contribution is -2.30. The van der Waals surface area contributed by atoms with E-state index in [0.717, 1.165) is 12.8 Å². The molecule has 0 saturated heterocycles. The molecule has 0 bridgehead atoms. The summed E-state index contributed by atoms with van der Waals surface area (Å²) in [5.41, 5.74) is 5.21. The first-order chi connectivity index (χ1) is 5.72. The predicted octanol–water partition coefficient (Wildman–Crippen LogP) is -0.0436. The summed E-state index contributed by atoms with van der Waals surface area (Å²) in [6.07, 6.45) is 4.20. The minimum atomic E-state index is -0.355. The number of rotatable bonds is 6. The molecule has 0 saturated carbocycles. The first-order valence-corrected chi connectivity index (χ1v) is 4.44. The van der Waals surface area contributed by atoms with Crippen LogP contribution in [0.15, 0.2) is 0 Å². The van der Waals surface area contributed by atoms with Gasteiger partial charge in [-0.2, -0.15) is 5.26 Å². The highest BCUT2D eigenvalue weighted by molar-refractivity contribution is 7.40. The molecule has 0 aromatic carbocycles. The standard InChI is InChI=1S/C7H14N3OP/c8-4-2-1-3-6(7(11)12)10-5-9/h6,10H,1-4,8,12H2/t6-/m0/s1. The van der Waals surface area contributed by atoms with Gasteiger partial charge in [0.15, 0.2) is 11.7 Å². The second-order valence-electron chi connectivity index (χ2n) is 2.50. The second kappa shape index (κ2) is 7.02. The summed E-state index contributed by atoms with van der Waals surface area (Å²) in [7, 11) is 2.07. The molecule has 4 nitrogen and oxygen atoms in total. The third-order valence-electron chi connectivity index (χ3n) is 1.53. The average Bonchev–Trinajstić information content (AvgIpc) is 2.03. The van der Waals surface area contributed by atoms with Crippen LogP contribution >= 0.6 is 9.24 Å². The first kappa shape index (κ1) is 11.4. The molecule has 3 N–H and O–H groups in total. The lowest BCUT2D eigenvalue weighted by Gasteiger charge is -2.09. The van der Waals surface area contributed by atoms with Crippen LogP contribution in [0.3, 0.4) is 0 Å². The van der Waals surface area contributed by atoms with Gasteiger partial charge in [-0.25, -0.2) is 0 Å². The molecular formula is C7H14N3OP. The van der Waals surface area contributed by atoms with Crippen LogP contribution in [0.4, 0.5) is 0 Å². The minimum absolute atomic E-state index is 0.0754.